The Balaban J connectivity index is 1.78. The van der Waals surface area contributed by atoms with Gasteiger partial charge in [0.15, 0.2) is 5.65 Å². The highest BCUT2D eigenvalue weighted by atomic mass is 16.5. The number of hydrogen-bond acceptors (Lipinski definition) is 5. The highest BCUT2D eigenvalue weighted by molar-refractivity contribution is 5.94. The van der Waals surface area contributed by atoms with Gasteiger partial charge in [-0.15, -0.1) is 0 Å². The van der Waals surface area contributed by atoms with E-state index in [1.54, 1.807) is 26.2 Å². The molecule has 0 spiro atoms. The zero-order valence-corrected chi connectivity index (χ0v) is 15.6. The number of aliphatic hydroxyl groups is 1. The van der Waals surface area contributed by atoms with Crippen LogP contribution in [0.25, 0.3) is 27.8 Å². The zero-order valence-electron chi connectivity index (χ0n) is 15.6. The topological polar surface area (TPSA) is 93.0 Å². The minimum atomic E-state index is -0.908. The van der Waals surface area contributed by atoms with Crippen LogP contribution in [0.2, 0.25) is 0 Å². The Labute approximate surface area is 161 Å². The fourth-order valence-electron chi connectivity index (χ4n) is 2.97. The van der Waals surface area contributed by atoms with Gasteiger partial charge in [0, 0.05) is 18.0 Å². The summed E-state index contributed by atoms with van der Waals surface area (Å²) in [6.45, 7) is 3.57. The molecule has 7 heteroatoms. The van der Waals surface area contributed by atoms with E-state index in [-0.39, 0.29) is 12.2 Å². The first-order chi connectivity index (χ1) is 13.4. The van der Waals surface area contributed by atoms with E-state index in [9.17, 15) is 9.90 Å². The van der Waals surface area contributed by atoms with E-state index in [4.69, 9.17) is 4.74 Å². The molecule has 0 amide bonds. The summed E-state index contributed by atoms with van der Waals surface area (Å²) < 4.78 is 7.46. The first kappa shape index (κ1) is 17.9. The van der Waals surface area contributed by atoms with Gasteiger partial charge in [-0.2, -0.15) is 0 Å². The van der Waals surface area contributed by atoms with E-state index in [0.29, 0.717) is 16.8 Å². The maximum Gasteiger partial charge on any atom is 0.260 e. The lowest BCUT2D eigenvalue weighted by atomic mass is 10.1. The Morgan fingerprint density at radius 2 is 2.00 bits per heavy atom. The SMILES string of the molecule is CC(C)(O)COc1ccc(-c2cn(-c3cccnc3)c3nc[nH]c(=O)c23)cc1. The molecule has 0 unspecified atom stereocenters. The van der Waals surface area contributed by atoms with E-state index in [1.165, 1.54) is 6.33 Å². The maximum atomic E-state index is 12.5. The first-order valence-electron chi connectivity index (χ1n) is 8.87. The van der Waals surface area contributed by atoms with Gasteiger partial charge < -0.3 is 14.8 Å². The fraction of sp³-hybridized carbons (Fsp3) is 0.190. The summed E-state index contributed by atoms with van der Waals surface area (Å²) in [6, 6.07) is 11.1. The van der Waals surface area contributed by atoms with Crippen molar-refractivity contribution >= 4 is 11.0 Å². The molecule has 3 aromatic heterocycles. The third-order valence-corrected chi connectivity index (χ3v) is 4.27. The predicted octanol–water partition coefficient (Wildman–Crippen LogP) is 2.93. The van der Waals surface area contributed by atoms with Crippen molar-refractivity contribution in [1.82, 2.24) is 19.5 Å². The molecule has 0 aliphatic carbocycles. The molecule has 0 saturated carbocycles. The minimum Gasteiger partial charge on any atom is -0.491 e. The van der Waals surface area contributed by atoms with Crippen molar-refractivity contribution in [1.29, 1.82) is 0 Å². The Bertz CT molecular complexity index is 1160. The molecule has 0 aliphatic rings. The van der Waals surface area contributed by atoms with Crippen molar-refractivity contribution in [2.75, 3.05) is 6.61 Å². The largest absolute Gasteiger partial charge is 0.491 e. The van der Waals surface area contributed by atoms with E-state index in [0.717, 1.165) is 16.8 Å². The number of rotatable bonds is 5. The van der Waals surface area contributed by atoms with Crippen molar-refractivity contribution in [3.05, 3.63) is 71.7 Å². The lowest BCUT2D eigenvalue weighted by Crippen LogP contribution is -2.27. The summed E-state index contributed by atoms with van der Waals surface area (Å²) >= 11 is 0. The van der Waals surface area contributed by atoms with Crippen LogP contribution in [-0.4, -0.2) is 36.8 Å². The minimum absolute atomic E-state index is 0.191. The molecule has 0 saturated heterocycles. The number of fused-ring (bicyclic) bond motifs is 1. The number of nitrogens with zero attached hydrogens (tertiary/aromatic N) is 3. The summed E-state index contributed by atoms with van der Waals surface area (Å²) in [5, 5.41) is 10.3. The number of aromatic amines is 1. The third kappa shape index (κ3) is 3.52. The van der Waals surface area contributed by atoms with Crippen molar-refractivity contribution in [2.45, 2.75) is 19.4 Å². The Kier molecular flexibility index (Phi) is 4.44. The van der Waals surface area contributed by atoms with Gasteiger partial charge in [0.05, 0.1) is 29.2 Å². The quantitative estimate of drug-likeness (QED) is 0.559. The van der Waals surface area contributed by atoms with Crippen molar-refractivity contribution in [3.63, 3.8) is 0 Å². The molecular weight excluding hydrogens is 356 g/mol. The monoisotopic (exact) mass is 376 g/mol. The average molecular weight is 376 g/mol. The van der Waals surface area contributed by atoms with Crippen LogP contribution in [0.15, 0.2) is 66.1 Å². The van der Waals surface area contributed by atoms with Gasteiger partial charge in [-0.1, -0.05) is 12.1 Å². The number of hydrogen-bond donors (Lipinski definition) is 2. The highest BCUT2D eigenvalue weighted by Crippen LogP contribution is 2.30. The molecule has 28 heavy (non-hydrogen) atoms. The molecule has 3 heterocycles. The van der Waals surface area contributed by atoms with E-state index < -0.39 is 5.60 Å². The summed E-state index contributed by atoms with van der Waals surface area (Å²) in [5.41, 5.74) is 1.90. The number of nitrogens with one attached hydrogen (secondary N) is 1. The van der Waals surface area contributed by atoms with Crippen LogP contribution in [0.3, 0.4) is 0 Å². The maximum absolute atomic E-state index is 12.5. The lowest BCUT2D eigenvalue weighted by Gasteiger charge is -2.17. The van der Waals surface area contributed by atoms with E-state index >= 15 is 0 Å². The smallest absolute Gasteiger partial charge is 0.260 e. The van der Waals surface area contributed by atoms with Gasteiger partial charge in [-0.3, -0.25) is 14.3 Å². The predicted molar refractivity (Wildman–Crippen MR) is 107 cm³/mol. The fourth-order valence-corrected chi connectivity index (χ4v) is 2.97. The first-order valence-corrected chi connectivity index (χ1v) is 8.87. The van der Waals surface area contributed by atoms with Gasteiger partial charge in [-0.05, 0) is 43.7 Å². The van der Waals surface area contributed by atoms with E-state index in [1.807, 2.05) is 47.2 Å². The van der Waals surface area contributed by atoms with Crippen molar-refractivity contribution < 1.29 is 9.84 Å². The van der Waals surface area contributed by atoms with Crippen LogP contribution in [0.4, 0.5) is 0 Å². The summed E-state index contributed by atoms with van der Waals surface area (Å²) in [4.78, 5) is 23.7. The van der Waals surface area contributed by atoms with Crippen LogP contribution in [-0.2, 0) is 0 Å². The molecule has 0 atom stereocenters. The van der Waals surface area contributed by atoms with Crippen LogP contribution in [0, 0.1) is 0 Å². The van der Waals surface area contributed by atoms with E-state index in [2.05, 4.69) is 15.0 Å². The Hall–Kier alpha value is -3.45. The van der Waals surface area contributed by atoms with Crippen molar-refractivity contribution in [2.24, 2.45) is 0 Å². The standard InChI is InChI=1S/C21H20N4O3/c1-21(2,27)12-28-16-7-5-14(6-8-16)17-11-25(15-4-3-9-22-10-15)19-18(17)20(26)24-13-23-19/h3-11,13,27H,12H2,1-2H3,(H,23,24,26). The highest BCUT2D eigenvalue weighted by Gasteiger charge is 2.17. The van der Waals surface area contributed by atoms with Crippen molar-refractivity contribution in [3.8, 4) is 22.6 Å². The Morgan fingerprint density at radius 3 is 2.68 bits per heavy atom. The molecule has 0 aliphatic heterocycles. The Morgan fingerprint density at radius 1 is 1.21 bits per heavy atom. The number of aromatic nitrogens is 4. The second-order valence-electron chi connectivity index (χ2n) is 7.18. The van der Waals surface area contributed by atoms with Crippen LogP contribution >= 0.6 is 0 Å². The summed E-state index contributed by atoms with van der Waals surface area (Å²) in [6.07, 6.45) is 6.70. The second-order valence-corrected chi connectivity index (χ2v) is 7.18. The molecule has 4 rings (SSSR count). The molecule has 2 N–H and O–H groups in total. The second kappa shape index (κ2) is 6.94. The zero-order chi connectivity index (χ0) is 19.7. The van der Waals surface area contributed by atoms with Gasteiger partial charge >= 0.3 is 0 Å². The summed E-state index contributed by atoms with van der Waals surface area (Å²) in [5.74, 6) is 0.647. The molecule has 4 aromatic rings. The lowest BCUT2D eigenvalue weighted by molar-refractivity contribution is 0.0285. The molecule has 0 radical (unpaired) electrons. The average Bonchev–Trinajstić information content (AvgIpc) is 3.08. The molecule has 0 fully saturated rings. The molecule has 142 valence electrons. The summed E-state index contributed by atoms with van der Waals surface area (Å²) in [7, 11) is 0. The number of pyridine rings is 1. The molecular formula is C21H20N4O3. The van der Waals surface area contributed by atoms with Crippen LogP contribution in [0.1, 0.15) is 13.8 Å². The van der Waals surface area contributed by atoms with Gasteiger partial charge in [0.25, 0.3) is 5.56 Å². The molecule has 7 nitrogen and oxygen atoms in total. The number of ether oxygens (including phenoxy) is 1. The molecule has 0 bridgehead atoms. The molecule has 1 aromatic carbocycles. The van der Waals surface area contributed by atoms with Crippen LogP contribution < -0.4 is 10.3 Å². The number of benzene rings is 1. The third-order valence-electron chi connectivity index (χ3n) is 4.27. The van der Waals surface area contributed by atoms with Gasteiger partial charge in [-0.25, -0.2) is 4.98 Å². The van der Waals surface area contributed by atoms with Gasteiger partial charge in [0.2, 0.25) is 0 Å². The normalized spacial score (nSPS) is 11.7. The van der Waals surface area contributed by atoms with Crippen LogP contribution in [0.5, 0.6) is 5.75 Å². The number of H-pyrrole nitrogens is 1. The van der Waals surface area contributed by atoms with Gasteiger partial charge in [0.1, 0.15) is 12.4 Å².